The van der Waals surface area contributed by atoms with Gasteiger partial charge in [-0.3, -0.25) is 0 Å². The zero-order valence-corrected chi connectivity index (χ0v) is 10.6. The zero-order chi connectivity index (χ0) is 11.8. The molecule has 5 heteroatoms. The minimum atomic E-state index is -1.06. The summed E-state index contributed by atoms with van der Waals surface area (Å²) in [5, 5.41) is 12.1. The van der Waals surface area contributed by atoms with Crippen LogP contribution in [0.5, 0.6) is 0 Å². The molecule has 88 valence electrons. The lowest BCUT2D eigenvalue weighted by molar-refractivity contribution is -0.255. The second-order valence-corrected chi connectivity index (χ2v) is 6.05. The number of carboxylic acid groups (broad SMARTS) is 1. The van der Waals surface area contributed by atoms with Gasteiger partial charge in [-0.25, -0.2) is 0 Å². The molecule has 0 fully saturated rings. The van der Waals surface area contributed by atoms with Crippen LogP contribution in [0.25, 0.3) is 5.00 Å². The van der Waals surface area contributed by atoms with Gasteiger partial charge in [-0.15, -0.1) is 11.3 Å². The molecule has 0 radical (unpaired) electrons. The van der Waals surface area contributed by atoms with E-state index in [4.69, 9.17) is 0 Å². The lowest BCUT2D eigenvalue weighted by Crippen LogP contribution is -2.25. The quantitative estimate of drug-likeness (QED) is 0.829. The first-order valence-electron chi connectivity index (χ1n) is 5.34. The van der Waals surface area contributed by atoms with Crippen LogP contribution in [0, 0.1) is 0 Å². The van der Waals surface area contributed by atoms with Crippen molar-refractivity contribution in [3.63, 3.8) is 0 Å². The molecule has 2 aromatic rings. The van der Waals surface area contributed by atoms with Crippen molar-refractivity contribution < 1.29 is 9.90 Å². The van der Waals surface area contributed by atoms with E-state index in [1.165, 1.54) is 4.88 Å². The zero-order valence-electron chi connectivity index (χ0n) is 9.01. The molecular formula is C12H10NO2S2-. The van der Waals surface area contributed by atoms with Gasteiger partial charge in [-0.05, 0) is 29.9 Å². The molecule has 1 aliphatic heterocycles. The van der Waals surface area contributed by atoms with E-state index in [9.17, 15) is 9.90 Å². The summed E-state index contributed by atoms with van der Waals surface area (Å²) < 4.78 is 1.86. The Morgan fingerprint density at radius 3 is 2.82 bits per heavy atom. The third-order valence-corrected chi connectivity index (χ3v) is 5.26. The maximum Gasteiger partial charge on any atom is 0.109 e. The first kappa shape index (κ1) is 10.9. The predicted octanol–water partition coefficient (Wildman–Crippen LogP) is 1.69. The number of thioether (sulfide) groups is 1. The van der Waals surface area contributed by atoms with Gasteiger partial charge in [-0.1, -0.05) is 0 Å². The normalized spacial score (nSPS) is 14.6. The van der Waals surface area contributed by atoms with Gasteiger partial charge in [0.05, 0.1) is 5.97 Å². The minimum Gasteiger partial charge on any atom is -0.545 e. The van der Waals surface area contributed by atoms with Crippen molar-refractivity contribution >= 4 is 29.1 Å². The first-order chi connectivity index (χ1) is 8.27. The summed E-state index contributed by atoms with van der Waals surface area (Å²) in [7, 11) is 0. The molecule has 2 aromatic heterocycles. The third kappa shape index (κ3) is 1.79. The van der Waals surface area contributed by atoms with Crippen molar-refractivity contribution in [3.05, 3.63) is 40.5 Å². The molecule has 3 heterocycles. The maximum atomic E-state index is 11.3. The van der Waals surface area contributed by atoms with Crippen LogP contribution in [0.4, 0.5) is 0 Å². The van der Waals surface area contributed by atoms with Gasteiger partial charge in [0.1, 0.15) is 5.00 Å². The van der Waals surface area contributed by atoms with E-state index in [1.807, 2.05) is 40.9 Å². The Labute approximate surface area is 107 Å². The second kappa shape index (κ2) is 4.23. The molecule has 0 saturated carbocycles. The number of hydrogen-bond acceptors (Lipinski definition) is 4. The number of nitrogens with zero attached hydrogens (tertiary/aromatic N) is 1. The maximum absolute atomic E-state index is 11.3. The lowest BCUT2D eigenvalue weighted by Gasteiger charge is -2.13. The Morgan fingerprint density at radius 1 is 1.35 bits per heavy atom. The number of carbonyl (C=O) groups excluding carboxylic acids is 1. The summed E-state index contributed by atoms with van der Waals surface area (Å²) in [6.07, 6.45) is 4.58. The number of aromatic carboxylic acids is 1. The fourth-order valence-electron chi connectivity index (χ4n) is 2.08. The monoisotopic (exact) mass is 264 g/mol. The summed E-state index contributed by atoms with van der Waals surface area (Å²) in [6, 6.07) is 3.79. The lowest BCUT2D eigenvalue weighted by atomic mass is 10.1. The third-order valence-electron chi connectivity index (χ3n) is 2.84. The minimum absolute atomic E-state index is 0.390. The van der Waals surface area contributed by atoms with Gasteiger partial charge in [0.15, 0.2) is 0 Å². The van der Waals surface area contributed by atoms with E-state index in [1.54, 1.807) is 11.3 Å². The molecule has 0 aromatic carbocycles. The number of carboxylic acids is 1. The number of hydrogen-bond donors (Lipinski definition) is 0. The van der Waals surface area contributed by atoms with E-state index in [2.05, 4.69) is 0 Å². The smallest absolute Gasteiger partial charge is 0.109 e. The topological polar surface area (TPSA) is 45.1 Å². The molecule has 3 nitrogen and oxygen atoms in total. The van der Waals surface area contributed by atoms with Gasteiger partial charge >= 0.3 is 0 Å². The standard InChI is InChI=1S/C12H11NO2S2/c14-12(15)10-8-3-6-16-7-9(8)17-11(10)13-4-1-2-5-13/h1-2,4-5H,3,6-7H2,(H,14,15)/p-1. The molecule has 0 bridgehead atoms. The van der Waals surface area contributed by atoms with E-state index in [-0.39, 0.29) is 0 Å². The van der Waals surface area contributed by atoms with E-state index in [0.29, 0.717) is 5.56 Å². The van der Waals surface area contributed by atoms with Crippen molar-refractivity contribution in [2.24, 2.45) is 0 Å². The molecule has 17 heavy (non-hydrogen) atoms. The van der Waals surface area contributed by atoms with Crippen molar-refractivity contribution in [1.82, 2.24) is 4.57 Å². The summed E-state index contributed by atoms with van der Waals surface area (Å²) in [5.41, 5.74) is 1.37. The fourth-order valence-corrected chi connectivity index (χ4v) is 4.51. The highest BCUT2D eigenvalue weighted by Gasteiger charge is 2.22. The molecule has 0 saturated heterocycles. The molecule has 0 atom stereocenters. The van der Waals surface area contributed by atoms with Crippen LogP contribution >= 0.6 is 23.1 Å². The highest BCUT2D eigenvalue weighted by Crippen LogP contribution is 2.37. The average molecular weight is 264 g/mol. The van der Waals surface area contributed by atoms with Crippen LogP contribution in [0.3, 0.4) is 0 Å². The molecule has 0 aliphatic carbocycles. The molecule has 0 N–H and O–H groups in total. The van der Waals surface area contributed by atoms with Crippen LogP contribution < -0.4 is 5.11 Å². The summed E-state index contributed by atoms with van der Waals surface area (Å²) in [6.45, 7) is 0. The molecule has 0 spiro atoms. The number of thiophene rings is 1. The highest BCUT2D eigenvalue weighted by atomic mass is 32.2. The Hall–Kier alpha value is -1.20. The first-order valence-corrected chi connectivity index (χ1v) is 7.31. The summed E-state index contributed by atoms with van der Waals surface area (Å²) in [4.78, 5) is 12.5. The Morgan fingerprint density at radius 2 is 2.12 bits per heavy atom. The van der Waals surface area contributed by atoms with Gasteiger partial charge in [0, 0.05) is 28.6 Å². The average Bonchev–Trinajstić information content (AvgIpc) is 2.95. The number of aromatic nitrogens is 1. The second-order valence-electron chi connectivity index (χ2n) is 3.86. The molecular weight excluding hydrogens is 254 g/mol. The Balaban J connectivity index is 2.21. The van der Waals surface area contributed by atoms with Crippen molar-refractivity contribution in [2.45, 2.75) is 12.2 Å². The largest absolute Gasteiger partial charge is 0.545 e. The number of carbonyl (C=O) groups is 1. The van der Waals surface area contributed by atoms with E-state index < -0.39 is 5.97 Å². The van der Waals surface area contributed by atoms with Gasteiger partial charge < -0.3 is 14.5 Å². The van der Waals surface area contributed by atoms with Crippen molar-refractivity contribution in [2.75, 3.05) is 5.75 Å². The number of fused-ring (bicyclic) bond motifs is 1. The molecule has 1 aliphatic rings. The van der Waals surface area contributed by atoms with E-state index in [0.717, 1.165) is 28.5 Å². The van der Waals surface area contributed by atoms with Gasteiger partial charge in [0.25, 0.3) is 0 Å². The van der Waals surface area contributed by atoms with E-state index >= 15 is 0 Å². The summed E-state index contributed by atoms with van der Waals surface area (Å²) in [5.74, 6) is 0.856. The molecule has 0 amide bonds. The predicted molar refractivity (Wildman–Crippen MR) is 67.8 cm³/mol. The van der Waals surface area contributed by atoms with Gasteiger partial charge in [0.2, 0.25) is 0 Å². The van der Waals surface area contributed by atoms with Crippen molar-refractivity contribution in [3.8, 4) is 5.00 Å². The highest BCUT2D eigenvalue weighted by molar-refractivity contribution is 7.98. The van der Waals surface area contributed by atoms with Crippen LogP contribution in [0.2, 0.25) is 0 Å². The molecule has 0 unspecified atom stereocenters. The van der Waals surface area contributed by atoms with Gasteiger partial charge in [-0.2, -0.15) is 11.8 Å². The summed E-state index contributed by atoms with van der Waals surface area (Å²) >= 11 is 3.43. The van der Waals surface area contributed by atoms with Crippen LogP contribution in [0.15, 0.2) is 24.5 Å². The number of rotatable bonds is 2. The Bertz CT molecular complexity index is 557. The Kier molecular flexibility index (Phi) is 2.72. The van der Waals surface area contributed by atoms with Crippen LogP contribution in [-0.4, -0.2) is 16.3 Å². The van der Waals surface area contributed by atoms with Crippen molar-refractivity contribution in [1.29, 1.82) is 0 Å². The SMILES string of the molecule is O=C([O-])c1c(-n2cccc2)sc2c1CCSC2. The van der Waals surface area contributed by atoms with Crippen LogP contribution in [-0.2, 0) is 12.2 Å². The molecule has 3 rings (SSSR count). The van der Waals surface area contributed by atoms with Crippen LogP contribution in [0.1, 0.15) is 20.8 Å². The fraction of sp³-hybridized carbons (Fsp3) is 0.250.